The van der Waals surface area contributed by atoms with Crippen LogP contribution >= 0.6 is 11.8 Å². The van der Waals surface area contributed by atoms with Gasteiger partial charge in [0.05, 0.1) is 5.75 Å². The number of carbonyl (C=O) groups is 3. The minimum absolute atomic E-state index is 0.176. The van der Waals surface area contributed by atoms with Crippen molar-refractivity contribution in [3.05, 3.63) is 70.5 Å². The maximum Gasteiger partial charge on any atom is 0.234 e. The first-order valence-electron chi connectivity index (χ1n) is 10.2. The third-order valence-corrected chi connectivity index (χ3v) is 6.51. The number of benzene rings is 2. The topological polar surface area (TPSA) is 94.0 Å². The third-order valence-electron chi connectivity index (χ3n) is 5.55. The zero-order valence-electron chi connectivity index (χ0n) is 16.9. The van der Waals surface area contributed by atoms with Crippen LogP contribution in [-0.4, -0.2) is 38.0 Å². The molecule has 1 fully saturated rings. The van der Waals surface area contributed by atoms with E-state index in [1.807, 2.05) is 6.92 Å². The Morgan fingerprint density at radius 1 is 1.03 bits per heavy atom. The molecule has 7 nitrogen and oxygen atoms in total. The van der Waals surface area contributed by atoms with Gasteiger partial charge in [0.1, 0.15) is 5.82 Å². The second-order valence-electron chi connectivity index (χ2n) is 7.66. The molecular weight excluding hydrogens is 412 g/mol. The van der Waals surface area contributed by atoms with Crippen molar-refractivity contribution in [2.24, 2.45) is 0 Å². The largest absolute Gasteiger partial charge is 0.325 e. The number of thioether (sulfide) groups is 1. The number of carbonyl (C=O) groups excluding carboxylic acids is 3. The summed E-state index contributed by atoms with van der Waals surface area (Å²) in [5.74, 6) is 1.08. The summed E-state index contributed by atoms with van der Waals surface area (Å²) >= 11 is 1.34. The molecule has 1 N–H and O–H groups in total. The van der Waals surface area contributed by atoms with Crippen LogP contribution in [0.5, 0.6) is 0 Å². The molecular formula is C23H20N4O3S. The van der Waals surface area contributed by atoms with Gasteiger partial charge in [-0.3, -0.25) is 14.4 Å². The lowest BCUT2D eigenvalue weighted by molar-refractivity contribution is -0.113. The smallest absolute Gasteiger partial charge is 0.234 e. The fourth-order valence-corrected chi connectivity index (χ4v) is 4.66. The monoisotopic (exact) mass is 432 g/mol. The van der Waals surface area contributed by atoms with Crippen molar-refractivity contribution in [1.82, 2.24) is 14.8 Å². The number of hydrogen-bond acceptors (Lipinski definition) is 6. The normalized spacial score (nSPS) is 14.9. The van der Waals surface area contributed by atoms with Gasteiger partial charge in [0.2, 0.25) is 5.91 Å². The molecule has 1 aromatic heterocycles. The lowest BCUT2D eigenvalue weighted by Gasteiger charge is -2.18. The Balaban J connectivity index is 1.29. The SMILES string of the molecule is CCn1c(SCC(=O)Nc2ccc3c(c2)C(=O)c2ccccc2C3=O)nnc1C1CC1. The average Bonchev–Trinajstić information content (AvgIpc) is 3.55. The van der Waals surface area contributed by atoms with Crippen LogP contribution in [0.4, 0.5) is 5.69 Å². The van der Waals surface area contributed by atoms with E-state index in [2.05, 4.69) is 20.1 Å². The number of amides is 1. The Morgan fingerprint density at radius 3 is 2.39 bits per heavy atom. The van der Waals surface area contributed by atoms with Gasteiger partial charge in [0.15, 0.2) is 16.7 Å². The first-order chi connectivity index (χ1) is 15.1. The number of nitrogens with zero attached hydrogens (tertiary/aromatic N) is 3. The van der Waals surface area contributed by atoms with Gasteiger partial charge in [0, 0.05) is 40.4 Å². The molecule has 0 atom stereocenters. The molecule has 0 unspecified atom stereocenters. The van der Waals surface area contributed by atoms with Crippen LogP contribution in [0.15, 0.2) is 47.6 Å². The Labute approximate surface area is 183 Å². The van der Waals surface area contributed by atoms with E-state index < -0.39 is 0 Å². The lowest BCUT2D eigenvalue weighted by Crippen LogP contribution is -2.21. The Bertz CT molecular complexity index is 1230. The number of hydrogen-bond donors (Lipinski definition) is 1. The van der Waals surface area contributed by atoms with Crippen molar-refractivity contribution in [2.75, 3.05) is 11.1 Å². The van der Waals surface area contributed by atoms with E-state index in [4.69, 9.17) is 0 Å². The van der Waals surface area contributed by atoms with Crippen molar-refractivity contribution < 1.29 is 14.4 Å². The molecule has 1 saturated carbocycles. The molecule has 31 heavy (non-hydrogen) atoms. The summed E-state index contributed by atoms with van der Waals surface area (Å²) in [6, 6.07) is 11.6. The van der Waals surface area contributed by atoms with Crippen LogP contribution in [-0.2, 0) is 11.3 Å². The van der Waals surface area contributed by atoms with Crippen molar-refractivity contribution in [3.8, 4) is 0 Å². The zero-order chi connectivity index (χ0) is 21.5. The van der Waals surface area contributed by atoms with Gasteiger partial charge in [0.25, 0.3) is 0 Å². The number of fused-ring (bicyclic) bond motifs is 2. The van der Waals surface area contributed by atoms with E-state index in [0.717, 1.165) is 30.4 Å². The predicted octanol–water partition coefficient (Wildman–Crippen LogP) is 3.68. The highest BCUT2D eigenvalue weighted by molar-refractivity contribution is 7.99. The van der Waals surface area contributed by atoms with Crippen LogP contribution in [0.3, 0.4) is 0 Å². The van der Waals surface area contributed by atoms with Crippen LogP contribution in [0, 0.1) is 0 Å². The van der Waals surface area contributed by atoms with Crippen LogP contribution in [0.2, 0.25) is 0 Å². The highest BCUT2D eigenvalue weighted by Crippen LogP contribution is 2.40. The van der Waals surface area contributed by atoms with E-state index >= 15 is 0 Å². The van der Waals surface area contributed by atoms with Crippen molar-refractivity contribution >= 4 is 34.9 Å². The summed E-state index contributed by atoms with van der Waals surface area (Å²) in [6.07, 6.45) is 2.29. The minimum atomic E-state index is -0.210. The molecule has 2 aliphatic carbocycles. The lowest BCUT2D eigenvalue weighted by atomic mass is 9.84. The molecule has 156 valence electrons. The van der Waals surface area contributed by atoms with Gasteiger partial charge in [-0.1, -0.05) is 36.0 Å². The summed E-state index contributed by atoms with van der Waals surface area (Å²) in [5, 5.41) is 12.1. The third kappa shape index (κ3) is 3.57. The fourth-order valence-electron chi connectivity index (χ4n) is 3.85. The van der Waals surface area contributed by atoms with E-state index in [-0.39, 0.29) is 23.2 Å². The number of rotatable bonds is 6. The summed E-state index contributed by atoms with van der Waals surface area (Å²) in [6.45, 7) is 2.81. The van der Waals surface area contributed by atoms with Gasteiger partial charge in [-0.05, 0) is 38.0 Å². The first-order valence-corrected chi connectivity index (χ1v) is 11.2. The van der Waals surface area contributed by atoms with E-state index in [1.165, 1.54) is 11.8 Å². The molecule has 2 aliphatic rings. The Kier molecular flexibility index (Phi) is 4.94. The minimum Gasteiger partial charge on any atom is -0.325 e. The molecule has 2 aromatic carbocycles. The summed E-state index contributed by atoms with van der Waals surface area (Å²) in [5.41, 5.74) is 1.97. The number of anilines is 1. The quantitative estimate of drug-likeness (QED) is 0.467. The maximum atomic E-state index is 12.8. The number of nitrogens with one attached hydrogen (secondary N) is 1. The highest BCUT2D eigenvalue weighted by atomic mass is 32.2. The second-order valence-corrected chi connectivity index (χ2v) is 8.60. The van der Waals surface area contributed by atoms with Crippen molar-refractivity contribution in [2.45, 2.75) is 37.4 Å². The average molecular weight is 433 g/mol. The van der Waals surface area contributed by atoms with E-state index in [0.29, 0.717) is 33.9 Å². The molecule has 0 radical (unpaired) electrons. The Hall–Kier alpha value is -3.26. The van der Waals surface area contributed by atoms with Gasteiger partial charge in [-0.25, -0.2) is 0 Å². The van der Waals surface area contributed by atoms with Gasteiger partial charge < -0.3 is 9.88 Å². The van der Waals surface area contributed by atoms with Crippen LogP contribution < -0.4 is 5.32 Å². The second kappa shape index (κ2) is 7.77. The summed E-state index contributed by atoms with van der Waals surface area (Å²) in [4.78, 5) is 38.1. The maximum absolute atomic E-state index is 12.8. The zero-order valence-corrected chi connectivity index (χ0v) is 17.7. The molecule has 1 amide bonds. The van der Waals surface area contributed by atoms with E-state index in [1.54, 1.807) is 42.5 Å². The number of aromatic nitrogens is 3. The summed E-state index contributed by atoms with van der Waals surface area (Å²) < 4.78 is 2.07. The molecule has 0 saturated heterocycles. The van der Waals surface area contributed by atoms with Gasteiger partial charge >= 0.3 is 0 Å². The van der Waals surface area contributed by atoms with Crippen LogP contribution in [0.25, 0.3) is 0 Å². The first kappa shape index (κ1) is 19.7. The molecule has 0 aliphatic heterocycles. The van der Waals surface area contributed by atoms with Gasteiger partial charge in [-0.15, -0.1) is 10.2 Å². The van der Waals surface area contributed by atoms with Gasteiger partial charge in [-0.2, -0.15) is 0 Å². The highest BCUT2D eigenvalue weighted by Gasteiger charge is 2.31. The summed E-state index contributed by atoms with van der Waals surface area (Å²) in [7, 11) is 0. The molecule has 0 bridgehead atoms. The molecule has 8 heteroatoms. The Morgan fingerprint density at radius 2 is 1.71 bits per heavy atom. The van der Waals surface area contributed by atoms with Crippen LogP contribution in [0.1, 0.15) is 63.4 Å². The van der Waals surface area contributed by atoms with Crippen molar-refractivity contribution in [3.63, 3.8) is 0 Å². The standard InChI is InChI=1S/C23H20N4O3S/c1-2-27-22(13-7-8-13)25-26-23(27)31-12-19(28)24-14-9-10-17-18(11-14)21(30)16-6-4-3-5-15(16)20(17)29/h3-6,9-11,13H,2,7-8,12H2,1H3,(H,24,28). The van der Waals surface area contributed by atoms with Crippen molar-refractivity contribution in [1.29, 1.82) is 0 Å². The molecule has 5 rings (SSSR count). The molecule has 0 spiro atoms. The molecule has 1 heterocycles. The fraction of sp³-hybridized carbons (Fsp3) is 0.261. The predicted molar refractivity (Wildman–Crippen MR) is 117 cm³/mol. The number of ketones is 2. The molecule has 3 aromatic rings. The van der Waals surface area contributed by atoms with E-state index in [9.17, 15) is 14.4 Å².